The molecule has 2 heterocycles. The highest BCUT2D eigenvalue weighted by Crippen LogP contribution is 2.33. The standard InChI is InChI=1S/C20H16ClF3N4O3S/c1-31-17-9-28(13(8-16(17)29)11-32-19-25-5-2-6-26-19)10-18(30)27-15-7-12(20(22,23)24)3-4-14(15)21/h2-9H,10-11H2,1H3,(H,27,30). The molecule has 168 valence electrons. The molecule has 0 fully saturated rings. The first-order chi connectivity index (χ1) is 15.2. The van der Waals surface area contributed by atoms with E-state index in [1.807, 2.05) is 0 Å². The van der Waals surface area contributed by atoms with E-state index in [0.717, 1.165) is 18.2 Å². The average Bonchev–Trinajstić information content (AvgIpc) is 2.75. The third kappa shape index (κ3) is 6.01. The fourth-order valence-electron chi connectivity index (χ4n) is 2.66. The van der Waals surface area contributed by atoms with Crippen molar-refractivity contribution in [1.29, 1.82) is 0 Å². The number of benzene rings is 1. The maximum absolute atomic E-state index is 13.0. The van der Waals surface area contributed by atoms with Gasteiger partial charge in [0.2, 0.25) is 11.3 Å². The number of anilines is 1. The van der Waals surface area contributed by atoms with E-state index in [-0.39, 0.29) is 34.2 Å². The van der Waals surface area contributed by atoms with Crippen molar-refractivity contribution in [2.45, 2.75) is 23.6 Å². The summed E-state index contributed by atoms with van der Waals surface area (Å²) in [4.78, 5) is 32.9. The van der Waals surface area contributed by atoms with Crippen molar-refractivity contribution in [3.63, 3.8) is 0 Å². The largest absolute Gasteiger partial charge is 0.491 e. The van der Waals surface area contributed by atoms with Gasteiger partial charge in [-0.15, -0.1) is 0 Å². The fraction of sp³-hybridized carbons (Fsp3) is 0.200. The summed E-state index contributed by atoms with van der Waals surface area (Å²) in [7, 11) is 1.32. The van der Waals surface area contributed by atoms with E-state index in [1.165, 1.54) is 35.7 Å². The van der Waals surface area contributed by atoms with Gasteiger partial charge in [0.05, 0.1) is 29.6 Å². The number of rotatable bonds is 7. The molecule has 0 saturated heterocycles. The topological polar surface area (TPSA) is 86.1 Å². The number of aromatic nitrogens is 3. The van der Waals surface area contributed by atoms with E-state index in [2.05, 4.69) is 15.3 Å². The highest BCUT2D eigenvalue weighted by Gasteiger charge is 2.31. The van der Waals surface area contributed by atoms with Gasteiger partial charge < -0.3 is 14.6 Å². The van der Waals surface area contributed by atoms with Crippen LogP contribution in [0.5, 0.6) is 5.75 Å². The minimum Gasteiger partial charge on any atom is -0.491 e. The average molecular weight is 485 g/mol. The number of carbonyl (C=O) groups is 1. The molecule has 0 aliphatic rings. The van der Waals surface area contributed by atoms with Crippen LogP contribution in [0.2, 0.25) is 5.02 Å². The number of nitrogens with one attached hydrogen (secondary N) is 1. The zero-order valence-corrected chi connectivity index (χ0v) is 18.1. The van der Waals surface area contributed by atoms with E-state index >= 15 is 0 Å². The summed E-state index contributed by atoms with van der Waals surface area (Å²) < 4.78 is 45.4. The van der Waals surface area contributed by atoms with E-state index in [1.54, 1.807) is 18.5 Å². The Morgan fingerprint density at radius 2 is 1.97 bits per heavy atom. The van der Waals surface area contributed by atoms with Crippen molar-refractivity contribution in [3.8, 4) is 5.75 Å². The Balaban J connectivity index is 1.82. The van der Waals surface area contributed by atoms with Crippen LogP contribution in [-0.4, -0.2) is 27.6 Å². The van der Waals surface area contributed by atoms with Crippen molar-refractivity contribution >= 4 is 35.0 Å². The summed E-state index contributed by atoms with van der Waals surface area (Å²) in [5.74, 6) is -0.361. The van der Waals surface area contributed by atoms with Gasteiger partial charge in [-0.25, -0.2) is 9.97 Å². The SMILES string of the molecule is COc1cn(CC(=O)Nc2cc(C(F)(F)F)ccc2Cl)c(CSc2ncccn2)cc1=O. The summed E-state index contributed by atoms with van der Waals surface area (Å²) in [5, 5.41) is 2.82. The zero-order valence-electron chi connectivity index (χ0n) is 16.5. The number of carbonyl (C=O) groups excluding carboxylic acids is 1. The maximum Gasteiger partial charge on any atom is 0.416 e. The number of hydrogen-bond donors (Lipinski definition) is 1. The predicted molar refractivity (Wildman–Crippen MR) is 114 cm³/mol. The Morgan fingerprint density at radius 3 is 2.62 bits per heavy atom. The Hall–Kier alpha value is -3.05. The van der Waals surface area contributed by atoms with Crippen LogP contribution in [0.3, 0.4) is 0 Å². The molecule has 0 unspecified atom stereocenters. The van der Waals surface area contributed by atoms with Gasteiger partial charge in [0.25, 0.3) is 0 Å². The Labute approximate surface area is 189 Å². The Morgan fingerprint density at radius 1 is 1.25 bits per heavy atom. The fourth-order valence-corrected chi connectivity index (χ4v) is 3.62. The lowest BCUT2D eigenvalue weighted by Crippen LogP contribution is -2.23. The molecule has 0 saturated carbocycles. The van der Waals surface area contributed by atoms with E-state index in [9.17, 15) is 22.8 Å². The van der Waals surface area contributed by atoms with Gasteiger partial charge >= 0.3 is 6.18 Å². The van der Waals surface area contributed by atoms with Crippen molar-refractivity contribution < 1.29 is 22.7 Å². The van der Waals surface area contributed by atoms with Crippen molar-refractivity contribution in [2.24, 2.45) is 0 Å². The molecule has 3 rings (SSSR count). The summed E-state index contributed by atoms with van der Waals surface area (Å²) in [6.45, 7) is -0.297. The number of halogens is 4. The van der Waals surface area contributed by atoms with Gasteiger partial charge in [-0.3, -0.25) is 9.59 Å². The molecule has 0 aliphatic heterocycles. The molecule has 1 N–H and O–H groups in total. The second-order valence-corrected chi connectivity index (χ2v) is 7.74. The van der Waals surface area contributed by atoms with Gasteiger partial charge in [0, 0.05) is 29.9 Å². The molecule has 3 aromatic rings. The van der Waals surface area contributed by atoms with Gasteiger partial charge in [-0.2, -0.15) is 13.2 Å². The van der Waals surface area contributed by atoms with Gasteiger partial charge in [-0.1, -0.05) is 23.4 Å². The molecule has 2 aromatic heterocycles. The Kier molecular flexibility index (Phi) is 7.41. The smallest absolute Gasteiger partial charge is 0.416 e. The second kappa shape index (κ2) is 10.0. The van der Waals surface area contributed by atoms with Crippen molar-refractivity contribution in [2.75, 3.05) is 12.4 Å². The van der Waals surface area contributed by atoms with Gasteiger partial charge in [-0.05, 0) is 24.3 Å². The maximum atomic E-state index is 13.0. The number of methoxy groups -OCH3 is 1. The molecule has 0 bridgehead atoms. The highest BCUT2D eigenvalue weighted by molar-refractivity contribution is 7.98. The van der Waals surface area contributed by atoms with Crippen LogP contribution < -0.4 is 15.5 Å². The number of pyridine rings is 1. The van der Waals surface area contributed by atoms with Gasteiger partial charge in [0.15, 0.2) is 10.9 Å². The first-order valence-electron chi connectivity index (χ1n) is 9.01. The summed E-state index contributed by atoms with van der Waals surface area (Å²) >= 11 is 7.19. The predicted octanol–water partition coefficient (Wildman–Crippen LogP) is 4.25. The number of ether oxygens (including phenoxy) is 1. The molecule has 0 aliphatic carbocycles. The lowest BCUT2D eigenvalue weighted by Gasteiger charge is -2.16. The normalized spacial score (nSPS) is 11.3. The van der Waals surface area contributed by atoms with Crippen LogP contribution in [0.25, 0.3) is 0 Å². The third-order valence-corrected chi connectivity index (χ3v) is 5.41. The molecule has 0 radical (unpaired) electrons. The molecular weight excluding hydrogens is 469 g/mol. The second-order valence-electron chi connectivity index (χ2n) is 6.39. The molecule has 1 aromatic carbocycles. The minimum atomic E-state index is -4.58. The highest BCUT2D eigenvalue weighted by atomic mass is 35.5. The molecule has 0 atom stereocenters. The first kappa shape index (κ1) is 23.6. The van der Waals surface area contributed by atoms with Crippen LogP contribution in [-0.2, 0) is 23.3 Å². The summed E-state index contributed by atoms with van der Waals surface area (Å²) in [6, 6.07) is 5.63. The summed E-state index contributed by atoms with van der Waals surface area (Å²) in [6.07, 6.45) is -0.0805. The molecule has 12 heteroatoms. The first-order valence-corrected chi connectivity index (χ1v) is 10.4. The minimum absolute atomic E-state index is 0.0135. The zero-order chi connectivity index (χ0) is 23.3. The monoisotopic (exact) mass is 484 g/mol. The molecular formula is C20H16ClF3N4O3S. The third-order valence-electron chi connectivity index (χ3n) is 4.18. The summed E-state index contributed by atoms with van der Waals surface area (Å²) in [5.41, 5.74) is -1.02. The molecule has 32 heavy (non-hydrogen) atoms. The lowest BCUT2D eigenvalue weighted by atomic mass is 10.2. The van der Waals surface area contributed by atoms with Gasteiger partial charge in [0.1, 0.15) is 6.54 Å². The van der Waals surface area contributed by atoms with Crippen molar-refractivity contribution in [1.82, 2.24) is 14.5 Å². The van der Waals surface area contributed by atoms with E-state index in [4.69, 9.17) is 16.3 Å². The number of nitrogens with zero attached hydrogens (tertiary/aromatic N) is 3. The van der Waals surface area contributed by atoms with Crippen LogP contribution in [0.15, 0.2) is 58.9 Å². The molecule has 0 spiro atoms. The quantitative estimate of drug-likeness (QED) is 0.398. The van der Waals surface area contributed by atoms with E-state index in [0.29, 0.717) is 10.9 Å². The Bertz CT molecular complexity index is 1170. The molecule has 1 amide bonds. The van der Waals surface area contributed by atoms with E-state index < -0.39 is 17.6 Å². The van der Waals surface area contributed by atoms with Crippen molar-refractivity contribution in [3.05, 3.63) is 75.4 Å². The van der Waals surface area contributed by atoms with Crippen LogP contribution >= 0.6 is 23.4 Å². The van der Waals surface area contributed by atoms with Crippen LogP contribution in [0.4, 0.5) is 18.9 Å². The molecule has 7 nitrogen and oxygen atoms in total. The number of alkyl halides is 3. The number of hydrogen-bond acceptors (Lipinski definition) is 6. The van der Waals surface area contributed by atoms with Crippen LogP contribution in [0.1, 0.15) is 11.3 Å². The number of amides is 1. The number of thioether (sulfide) groups is 1. The van der Waals surface area contributed by atoms with Crippen LogP contribution in [0, 0.1) is 0 Å². The lowest BCUT2D eigenvalue weighted by molar-refractivity contribution is -0.137.